The zero-order chi connectivity index (χ0) is 12.6. The summed E-state index contributed by atoms with van der Waals surface area (Å²) in [5.41, 5.74) is -0.473. The summed E-state index contributed by atoms with van der Waals surface area (Å²) in [4.78, 5) is 11.1. The second-order valence-corrected chi connectivity index (χ2v) is 6.03. The molecule has 0 aliphatic carbocycles. The van der Waals surface area contributed by atoms with Gasteiger partial charge in [0.15, 0.2) is 0 Å². The van der Waals surface area contributed by atoms with Crippen LogP contribution in [-0.4, -0.2) is 38.2 Å². The number of nitrogens with zero attached hydrogens (tertiary/aromatic N) is 1. The third kappa shape index (κ3) is 2.86. The maximum Gasteiger partial charge on any atom is 0.339 e. The van der Waals surface area contributed by atoms with Gasteiger partial charge in [0.25, 0.3) is 0 Å². The molecule has 0 bridgehead atoms. The normalized spacial score (nSPS) is 17.8. The minimum absolute atomic E-state index is 0.203. The number of rotatable bonds is 3. The van der Waals surface area contributed by atoms with Gasteiger partial charge in [-0.3, -0.25) is 0 Å². The van der Waals surface area contributed by atoms with Crippen molar-refractivity contribution in [3.63, 3.8) is 0 Å². The second-order valence-electron chi connectivity index (χ2n) is 4.04. The Hall–Kier alpha value is -1.34. The smallest absolute Gasteiger partial charge is 0.339 e. The Kier molecular flexibility index (Phi) is 2.96. The number of hydrogen-bond donors (Lipinski definition) is 0. The summed E-state index contributed by atoms with van der Waals surface area (Å²) in [5, 5.41) is 0. The van der Waals surface area contributed by atoms with Crippen LogP contribution in [0.3, 0.4) is 0 Å². The van der Waals surface area contributed by atoms with Gasteiger partial charge in [0.2, 0.25) is 10.0 Å². The van der Waals surface area contributed by atoms with Crippen LogP contribution in [0.25, 0.3) is 0 Å². The van der Waals surface area contributed by atoms with Gasteiger partial charge in [0.05, 0.1) is 25.4 Å². The molecule has 7 heteroatoms. The maximum absolute atomic E-state index is 11.1. The minimum Gasteiger partial charge on any atom is -0.487 e. The molecule has 0 atom stereocenters. The molecule has 0 radical (unpaired) electrons. The molecule has 17 heavy (non-hydrogen) atoms. The fourth-order valence-corrected chi connectivity index (χ4v) is 2.46. The number of hydrogen-bond acceptors (Lipinski definition) is 5. The van der Waals surface area contributed by atoms with Crippen LogP contribution in [0.5, 0.6) is 5.75 Å². The average molecular weight is 259 g/mol. The first-order valence-electron chi connectivity index (χ1n) is 5.08. The largest absolute Gasteiger partial charge is 0.487 e. The van der Waals surface area contributed by atoms with Crippen LogP contribution in [0.4, 0.5) is 0 Å². The van der Waals surface area contributed by atoms with Gasteiger partial charge in [-0.25, -0.2) is 13.2 Å². The van der Waals surface area contributed by atoms with Crippen molar-refractivity contribution in [2.75, 3.05) is 19.3 Å². The molecule has 0 amide bonds. The van der Waals surface area contributed by atoms with E-state index >= 15 is 0 Å². The molecule has 1 saturated heterocycles. The van der Waals surface area contributed by atoms with E-state index in [2.05, 4.69) is 0 Å². The summed E-state index contributed by atoms with van der Waals surface area (Å²) in [7, 11) is -3.13. The molecule has 1 fully saturated rings. The molecule has 0 N–H and O–H groups in total. The first-order chi connectivity index (χ1) is 7.84. The van der Waals surface area contributed by atoms with Crippen molar-refractivity contribution in [1.82, 2.24) is 4.31 Å². The topological polar surface area (TPSA) is 76.8 Å². The van der Waals surface area contributed by atoms with Crippen LogP contribution >= 0.6 is 0 Å². The zero-order valence-corrected chi connectivity index (χ0v) is 10.4. The van der Waals surface area contributed by atoms with Crippen LogP contribution in [-0.2, 0) is 10.0 Å². The molecule has 1 aliphatic rings. The highest BCUT2D eigenvalue weighted by Crippen LogP contribution is 2.19. The van der Waals surface area contributed by atoms with Crippen LogP contribution in [0.15, 0.2) is 21.3 Å². The molecule has 0 saturated carbocycles. The van der Waals surface area contributed by atoms with E-state index in [9.17, 15) is 13.2 Å². The fraction of sp³-hybridized carbons (Fsp3) is 0.500. The van der Waals surface area contributed by atoms with Crippen molar-refractivity contribution < 1.29 is 17.6 Å². The lowest BCUT2D eigenvalue weighted by atomic mass is 10.2. The highest BCUT2D eigenvalue weighted by Gasteiger charge is 2.34. The Morgan fingerprint density at radius 3 is 2.59 bits per heavy atom. The van der Waals surface area contributed by atoms with E-state index < -0.39 is 15.6 Å². The second kappa shape index (κ2) is 4.15. The SMILES string of the molecule is Cc1cc(OC2CN(S(C)(=O)=O)C2)cc(=O)o1. The minimum atomic E-state index is -3.13. The van der Waals surface area contributed by atoms with E-state index in [1.54, 1.807) is 13.0 Å². The van der Waals surface area contributed by atoms with Crippen molar-refractivity contribution in [3.05, 3.63) is 28.3 Å². The van der Waals surface area contributed by atoms with Gasteiger partial charge >= 0.3 is 5.63 Å². The quantitative estimate of drug-likeness (QED) is 0.762. The van der Waals surface area contributed by atoms with Crippen LogP contribution in [0, 0.1) is 6.92 Å². The van der Waals surface area contributed by atoms with E-state index in [4.69, 9.17) is 9.15 Å². The van der Waals surface area contributed by atoms with E-state index in [-0.39, 0.29) is 6.10 Å². The Labute approximate surface area is 98.9 Å². The van der Waals surface area contributed by atoms with Gasteiger partial charge in [-0.15, -0.1) is 0 Å². The summed E-state index contributed by atoms with van der Waals surface area (Å²) >= 11 is 0. The third-order valence-corrected chi connectivity index (χ3v) is 3.69. The first-order valence-corrected chi connectivity index (χ1v) is 6.93. The highest BCUT2D eigenvalue weighted by molar-refractivity contribution is 7.88. The molecule has 0 spiro atoms. The van der Waals surface area contributed by atoms with E-state index in [0.29, 0.717) is 24.6 Å². The monoisotopic (exact) mass is 259 g/mol. The third-order valence-electron chi connectivity index (χ3n) is 2.45. The molecule has 0 unspecified atom stereocenters. The van der Waals surface area contributed by atoms with E-state index in [0.717, 1.165) is 6.26 Å². The molecule has 0 aromatic carbocycles. The van der Waals surface area contributed by atoms with Crippen molar-refractivity contribution in [2.24, 2.45) is 0 Å². The predicted octanol–water partition coefficient (Wildman–Crippen LogP) is -0.0292. The molecule has 94 valence electrons. The summed E-state index contributed by atoms with van der Waals surface area (Å²) in [5.74, 6) is 0.878. The van der Waals surface area contributed by atoms with Gasteiger partial charge in [-0.1, -0.05) is 0 Å². The van der Waals surface area contributed by atoms with E-state index in [1.165, 1.54) is 10.4 Å². The molecule has 1 aromatic heterocycles. The van der Waals surface area contributed by atoms with Gasteiger partial charge < -0.3 is 9.15 Å². The number of sulfonamides is 1. The Morgan fingerprint density at radius 1 is 1.41 bits per heavy atom. The summed E-state index contributed by atoms with van der Waals surface area (Å²) in [6.45, 7) is 2.29. The molecule has 2 heterocycles. The average Bonchev–Trinajstić information content (AvgIpc) is 2.06. The van der Waals surface area contributed by atoms with Crippen molar-refractivity contribution >= 4 is 10.0 Å². The van der Waals surface area contributed by atoms with Crippen molar-refractivity contribution in [2.45, 2.75) is 13.0 Å². The summed E-state index contributed by atoms with van der Waals surface area (Å²) in [6.07, 6.45) is 0.954. The zero-order valence-electron chi connectivity index (χ0n) is 9.54. The molecule has 2 rings (SSSR count). The lowest BCUT2D eigenvalue weighted by Gasteiger charge is -2.36. The van der Waals surface area contributed by atoms with Crippen LogP contribution < -0.4 is 10.4 Å². The van der Waals surface area contributed by atoms with Gasteiger partial charge in [-0.2, -0.15) is 4.31 Å². The maximum atomic E-state index is 11.1. The Balaban J connectivity index is 1.99. The van der Waals surface area contributed by atoms with Gasteiger partial charge in [0, 0.05) is 6.07 Å². The van der Waals surface area contributed by atoms with Gasteiger partial charge in [0.1, 0.15) is 17.6 Å². The molecular weight excluding hydrogens is 246 g/mol. The highest BCUT2D eigenvalue weighted by atomic mass is 32.2. The van der Waals surface area contributed by atoms with Crippen LogP contribution in [0.2, 0.25) is 0 Å². The molecule has 1 aromatic rings. The first kappa shape index (κ1) is 12.1. The van der Waals surface area contributed by atoms with Crippen LogP contribution in [0.1, 0.15) is 5.76 Å². The Bertz CT molecular complexity index is 571. The molecule has 6 nitrogen and oxygen atoms in total. The van der Waals surface area contributed by atoms with E-state index in [1.807, 2.05) is 0 Å². The molecule has 1 aliphatic heterocycles. The summed E-state index contributed by atoms with van der Waals surface area (Å²) in [6, 6.07) is 2.85. The standard InChI is InChI=1S/C10H13NO5S/c1-7-3-8(4-10(12)15-7)16-9-5-11(6-9)17(2,13)14/h3-4,9H,5-6H2,1-2H3. The van der Waals surface area contributed by atoms with Crippen molar-refractivity contribution in [1.29, 1.82) is 0 Å². The number of aryl methyl sites for hydroxylation is 1. The fourth-order valence-electron chi connectivity index (χ4n) is 1.58. The predicted molar refractivity (Wildman–Crippen MR) is 60.5 cm³/mol. The Morgan fingerprint density at radius 2 is 2.06 bits per heavy atom. The molecular formula is C10H13NO5S. The van der Waals surface area contributed by atoms with Crippen molar-refractivity contribution in [3.8, 4) is 5.75 Å². The lowest BCUT2D eigenvalue weighted by molar-refractivity contribution is 0.0759. The lowest BCUT2D eigenvalue weighted by Crippen LogP contribution is -2.55. The summed E-state index contributed by atoms with van der Waals surface area (Å²) < 4.78 is 33.8. The van der Waals surface area contributed by atoms with Gasteiger partial charge in [-0.05, 0) is 6.92 Å². The number of ether oxygens (including phenoxy) is 1.